The summed E-state index contributed by atoms with van der Waals surface area (Å²) in [5, 5.41) is 4.83. The van der Waals surface area contributed by atoms with E-state index in [2.05, 4.69) is 0 Å². The van der Waals surface area contributed by atoms with Gasteiger partial charge in [-0.3, -0.25) is 4.79 Å². The molecule has 0 spiro atoms. The van der Waals surface area contributed by atoms with E-state index in [0.717, 1.165) is 48.3 Å². The number of methoxy groups -OCH3 is 1. The quantitative estimate of drug-likeness (QED) is 0.282. The van der Waals surface area contributed by atoms with Gasteiger partial charge in [-0.2, -0.15) is 5.10 Å². The first-order valence-corrected chi connectivity index (χ1v) is 12.4. The number of amides is 1. The van der Waals surface area contributed by atoms with Crippen molar-refractivity contribution in [3.05, 3.63) is 84.3 Å². The van der Waals surface area contributed by atoms with Crippen LogP contribution in [0.15, 0.2) is 77.4 Å². The molecule has 7 nitrogen and oxygen atoms in total. The van der Waals surface area contributed by atoms with Crippen molar-refractivity contribution < 1.29 is 18.7 Å². The van der Waals surface area contributed by atoms with Crippen molar-refractivity contribution in [1.29, 1.82) is 0 Å². The first-order chi connectivity index (χ1) is 17.6. The van der Waals surface area contributed by atoms with Crippen molar-refractivity contribution in [1.82, 2.24) is 14.7 Å². The van der Waals surface area contributed by atoms with Gasteiger partial charge in [0.25, 0.3) is 0 Å². The lowest BCUT2D eigenvalue weighted by molar-refractivity contribution is -0.136. The van der Waals surface area contributed by atoms with Gasteiger partial charge in [0.15, 0.2) is 11.5 Å². The fourth-order valence-electron chi connectivity index (χ4n) is 4.88. The van der Waals surface area contributed by atoms with E-state index in [1.54, 1.807) is 18.1 Å². The molecule has 7 heteroatoms. The number of aryl methyl sites for hydroxylation is 1. The maximum atomic E-state index is 13.7. The van der Waals surface area contributed by atoms with E-state index in [1.165, 1.54) is 0 Å². The zero-order chi connectivity index (χ0) is 24.9. The summed E-state index contributed by atoms with van der Waals surface area (Å²) in [6, 6.07) is 21.3. The summed E-state index contributed by atoms with van der Waals surface area (Å²) < 4.78 is 19.3. The fourth-order valence-corrected chi connectivity index (χ4v) is 4.88. The molecule has 0 unspecified atom stereocenters. The molecule has 186 valence electrons. The van der Waals surface area contributed by atoms with E-state index in [1.807, 2.05) is 78.7 Å². The molecule has 0 atom stereocenters. The highest BCUT2D eigenvalue weighted by Gasteiger charge is 2.31. The van der Waals surface area contributed by atoms with Gasteiger partial charge in [-0.25, -0.2) is 4.68 Å². The van der Waals surface area contributed by atoms with Gasteiger partial charge in [0.2, 0.25) is 11.8 Å². The Morgan fingerprint density at radius 1 is 1.00 bits per heavy atom. The van der Waals surface area contributed by atoms with Crippen LogP contribution in [0.1, 0.15) is 37.0 Å². The van der Waals surface area contributed by atoms with Crippen molar-refractivity contribution >= 4 is 5.91 Å². The molecule has 0 N–H and O–H groups in total. The van der Waals surface area contributed by atoms with Crippen molar-refractivity contribution in [2.24, 2.45) is 13.0 Å². The molecule has 0 radical (unpaired) electrons. The van der Waals surface area contributed by atoms with Crippen molar-refractivity contribution in [3.8, 4) is 28.6 Å². The normalized spacial score (nSPS) is 13.6. The SMILES string of the molecule is COc1ccccc1Oc1c(CN(Cc2ccco2)C(=O)C2CCCC2)c(-c2ccccc2)nn1C. The highest BCUT2D eigenvalue weighted by Crippen LogP contribution is 2.38. The van der Waals surface area contributed by atoms with Crippen molar-refractivity contribution in [2.45, 2.75) is 38.8 Å². The van der Waals surface area contributed by atoms with Crippen LogP contribution in [-0.4, -0.2) is 27.7 Å². The summed E-state index contributed by atoms with van der Waals surface area (Å²) in [4.78, 5) is 15.6. The second kappa shape index (κ2) is 10.7. The third kappa shape index (κ3) is 5.00. The first kappa shape index (κ1) is 23.7. The van der Waals surface area contributed by atoms with Crippen LogP contribution in [0, 0.1) is 5.92 Å². The zero-order valence-electron chi connectivity index (χ0n) is 20.7. The predicted octanol–water partition coefficient (Wildman–Crippen LogP) is 6.20. The van der Waals surface area contributed by atoms with Crippen LogP contribution in [0.2, 0.25) is 0 Å². The molecule has 1 amide bonds. The molecule has 1 saturated carbocycles. The lowest BCUT2D eigenvalue weighted by Gasteiger charge is -2.25. The van der Waals surface area contributed by atoms with Crippen LogP contribution in [0.5, 0.6) is 17.4 Å². The first-order valence-electron chi connectivity index (χ1n) is 12.4. The molecule has 1 aliphatic rings. The third-order valence-electron chi connectivity index (χ3n) is 6.70. The van der Waals surface area contributed by atoms with Gasteiger partial charge >= 0.3 is 0 Å². The Labute approximate surface area is 211 Å². The minimum Gasteiger partial charge on any atom is -0.493 e. The molecule has 4 aromatic rings. The summed E-state index contributed by atoms with van der Waals surface area (Å²) >= 11 is 0. The molecule has 2 aromatic carbocycles. The van der Waals surface area contributed by atoms with Gasteiger partial charge in [-0.05, 0) is 37.1 Å². The molecule has 0 saturated heterocycles. The van der Waals surface area contributed by atoms with Crippen LogP contribution in [0.25, 0.3) is 11.3 Å². The number of aromatic nitrogens is 2. The zero-order valence-corrected chi connectivity index (χ0v) is 20.7. The monoisotopic (exact) mass is 485 g/mol. The number of hydrogen-bond acceptors (Lipinski definition) is 5. The molecule has 2 aromatic heterocycles. The number of para-hydroxylation sites is 2. The van der Waals surface area contributed by atoms with Crippen molar-refractivity contribution in [2.75, 3.05) is 7.11 Å². The minimum absolute atomic E-state index is 0.0374. The van der Waals surface area contributed by atoms with Crippen LogP contribution in [0.3, 0.4) is 0 Å². The highest BCUT2D eigenvalue weighted by molar-refractivity contribution is 5.79. The number of hydrogen-bond donors (Lipinski definition) is 0. The smallest absolute Gasteiger partial charge is 0.226 e. The Kier molecular flexibility index (Phi) is 7.07. The van der Waals surface area contributed by atoms with Gasteiger partial charge in [-0.1, -0.05) is 55.3 Å². The number of rotatable bonds is 9. The number of benzene rings is 2. The number of nitrogens with zero attached hydrogens (tertiary/aromatic N) is 3. The molecule has 0 aliphatic heterocycles. The average Bonchev–Trinajstić information content (AvgIpc) is 3.68. The van der Waals surface area contributed by atoms with Gasteiger partial charge in [0.05, 0.1) is 32.0 Å². The van der Waals surface area contributed by atoms with Crippen LogP contribution < -0.4 is 9.47 Å². The number of carbonyl (C=O) groups is 1. The van der Waals surface area contributed by atoms with E-state index in [-0.39, 0.29) is 11.8 Å². The number of carbonyl (C=O) groups excluding carboxylic acids is 1. The second-order valence-electron chi connectivity index (χ2n) is 9.13. The number of furan rings is 1. The number of ether oxygens (including phenoxy) is 2. The summed E-state index contributed by atoms with van der Waals surface area (Å²) in [6.45, 7) is 0.734. The summed E-state index contributed by atoms with van der Waals surface area (Å²) in [5.74, 6) is 2.72. The van der Waals surface area contributed by atoms with Crippen LogP contribution in [0.4, 0.5) is 0 Å². The van der Waals surface area contributed by atoms with E-state index in [9.17, 15) is 4.79 Å². The van der Waals surface area contributed by atoms with Crippen LogP contribution in [-0.2, 0) is 24.9 Å². The maximum absolute atomic E-state index is 13.7. The lowest BCUT2D eigenvalue weighted by atomic mass is 10.0. The van der Waals surface area contributed by atoms with Gasteiger partial charge in [0, 0.05) is 18.5 Å². The molecule has 1 aliphatic carbocycles. The molecule has 36 heavy (non-hydrogen) atoms. The summed E-state index contributed by atoms with van der Waals surface area (Å²) in [6.07, 6.45) is 5.68. The molecule has 0 bridgehead atoms. The predicted molar refractivity (Wildman–Crippen MR) is 137 cm³/mol. The molecule has 2 heterocycles. The highest BCUT2D eigenvalue weighted by atomic mass is 16.5. The van der Waals surface area contributed by atoms with Gasteiger partial charge in [0.1, 0.15) is 11.5 Å². The molecular weight excluding hydrogens is 454 g/mol. The topological polar surface area (TPSA) is 69.7 Å². The Hall–Kier alpha value is -4.00. The van der Waals surface area contributed by atoms with E-state index >= 15 is 0 Å². The minimum atomic E-state index is 0.0374. The maximum Gasteiger partial charge on any atom is 0.226 e. The van der Waals surface area contributed by atoms with E-state index in [4.69, 9.17) is 19.0 Å². The fraction of sp³-hybridized carbons (Fsp3) is 0.310. The lowest BCUT2D eigenvalue weighted by Crippen LogP contribution is -2.34. The van der Waals surface area contributed by atoms with Gasteiger partial charge in [-0.15, -0.1) is 0 Å². The van der Waals surface area contributed by atoms with Crippen LogP contribution >= 0.6 is 0 Å². The Morgan fingerprint density at radius 3 is 2.42 bits per heavy atom. The summed E-state index contributed by atoms with van der Waals surface area (Å²) in [5.41, 5.74) is 2.59. The second-order valence-corrected chi connectivity index (χ2v) is 9.13. The molecule has 1 fully saturated rings. The van der Waals surface area contributed by atoms with Gasteiger partial charge < -0.3 is 18.8 Å². The van der Waals surface area contributed by atoms with Crippen molar-refractivity contribution in [3.63, 3.8) is 0 Å². The molecule has 5 rings (SSSR count). The van der Waals surface area contributed by atoms with E-state index < -0.39 is 0 Å². The van der Waals surface area contributed by atoms with E-state index in [0.29, 0.717) is 30.5 Å². The Bertz CT molecular complexity index is 1290. The molecular formula is C29H31N3O4. The largest absolute Gasteiger partial charge is 0.493 e. The average molecular weight is 486 g/mol. The summed E-state index contributed by atoms with van der Waals surface area (Å²) in [7, 11) is 3.48. The third-order valence-corrected chi connectivity index (χ3v) is 6.70. The standard InChI is InChI=1S/C29H31N3O4/c1-31-29(36-26-17-9-8-16-25(26)34-2)24(27(30-31)21-11-4-3-5-12-21)20-32(19-23-15-10-18-35-23)28(33)22-13-6-7-14-22/h3-5,8-12,15-18,22H,6-7,13-14,19-20H2,1-2H3. The Balaban J connectivity index is 1.57. The Morgan fingerprint density at radius 2 is 1.72 bits per heavy atom.